The van der Waals surface area contributed by atoms with E-state index in [2.05, 4.69) is 43.8 Å². The van der Waals surface area contributed by atoms with Crippen LogP contribution >= 0.6 is 31.9 Å². The smallest absolute Gasteiger partial charge is 0.251 e. The lowest BCUT2D eigenvalue weighted by Crippen LogP contribution is -2.26. The minimum atomic E-state index is -3.62. The largest absolute Gasteiger partial charge is 0.347 e. The van der Waals surface area contributed by atoms with Gasteiger partial charge in [0.05, 0.1) is 4.90 Å². The number of halogens is 2. The predicted octanol–water partition coefficient (Wildman–Crippen LogP) is 2.34. The molecule has 1 aromatic carbocycles. The van der Waals surface area contributed by atoms with E-state index in [4.69, 9.17) is 0 Å². The fraction of sp³-hybridized carbons (Fsp3) is 0.250. The third-order valence-electron chi connectivity index (χ3n) is 2.39. The Kier molecular flexibility index (Phi) is 5.93. The molecular weight excluding hydrogens is 412 g/mol. The number of rotatable bonds is 5. The molecule has 1 rings (SSSR count). The number of nitrogens with zero attached hydrogens (tertiary/aromatic N) is 1. The summed E-state index contributed by atoms with van der Waals surface area (Å²) in [5.74, 6) is -0.367. The van der Waals surface area contributed by atoms with E-state index in [1.54, 1.807) is 6.07 Å². The molecule has 0 bridgehead atoms. The maximum atomic E-state index is 12.1. The van der Waals surface area contributed by atoms with Gasteiger partial charge in [-0.1, -0.05) is 22.5 Å². The Hall–Kier alpha value is -0.700. The molecule has 5 nitrogen and oxygen atoms in total. The zero-order valence-electron chi connectivity index (χ0n) is 11.0. The van der Waals surface area contributed by atoms with E-state index in [0.717, 1.165) is 4.31 Å². The number of carbonyl (C=O) groups is 1. The van der Waals surface area contributed by atoms with Crippen molar-refractivity contribution in [3.63, 3.8) is 0 Å². The van der Waals surface area contributed by atoms with Crippen molar-refractivity contribution in [1.29, 1.82) is 0 Å². The van der Waals surface area contributed by atoms with E-state index in [9.17, 15) is 13.2 Å². The summed E-state index contributed by atoms with van der Waals surface area (Å²) in [6.45, 7) is 3.88. The minimum Gasteiger partial charge on any atom is -0.347 e. The van der Waals surface area contributed by atoms with E-state index in [1.165, 1.54) is 26.2 Å². The van der Waals surface area contributed by atoms with Crippen molar-refractivity contribution >= 4 is 47.8 Å². The third kappa shape index (κ3) is 4.15. The summed E-state index contributed by atoms with van der Waals surface area (Å²) in [6.07, 6.45) is 0. The highest BCUT2D eigenvalue weighted by atomic mass is 79.9. The second-order valence-electron chi connectivity index (χ2n) is 4.13. The normalized spacial score (nSPS) is 11.4. The second kappa shape index (κ2) is 6.84. The fourth-order valence-corrected chi connectivity index (χ4v) is 3.30. The zero-order valence-corrected chi connectivity index (χ0v) is 15.0. The molecule has 0 aliphatic rings. The van der Waals surface area contributed by atoms with Gasteiger partial charge in [-0.2, -0.15) is 0 Å². The molecule has 0 radical (unpaired) electrons. The molecule has 0 heterocycles. The molecule has 20 heavy (non-hydrogen) atoms. The molecule has 0 aromatic heterocycles. The third-order valence-corrected chi connectivity index (χ3v) is 5.48. The lowest BCUT2D eigenvalue weighted by molar-refractivity contribution is 0.0957. The molecule has 0 aliphatic carbocycles. The number of nitrogens with one attached hydrogen (secondary N) is 1. The first-order chi connectivity index (χ1) is 9.16. The monoisotopic (exact) mass is 424 g/mol. The van der Waals surface area contributed by atoms with E-state index in [0.29, 0.717) is 8.96 Å². The lowest BCUT2D eigenvalue weighted by atomic mass is 10.2. The Morgan fingerprint density at radius 2 is 2.00 bits per heavy atom. The van der Waals surface area contributed by atoms with Crippen LogP contribution in [0.3, 0.4) is 0 Å². The van der Waals surface area contributed by atoms with Crippen molar-refractivity contribution < 1.29 is 13.2 Å². The Bertz CT molecular complexity index is 642. The van der Waals surface area contributed by atoms with Crippen LogP contribution in [-0.4, -0.2) is 39.3 Å². The van der Waals surface area contributed by atoms with E-state index in [1.807, 2.05) is 0 Å². The molecule has 0 saturated carbocycles. The lowest BCUT2D eigenvalue weighted by Gasteiger charge is -2.14. The topological polar surface area (TPSA) is 66.5 Å². The van der Waals surface area contributed by atoms with Gasteiger partial charge in [0.15, 0.2) is 0 Å². The van der Waals surface area contributed by atoms with E-state index < -0.39 is 10.0 Å². The highest BCUT2D eigenvalue weighted by Crippen LogP contribution is 2.25. The summed E-state index contributed by atoms with van der Waals surface area (Å²) in [4.78, 5) is 12.0. The van der Waals surface area contributed by atoms with Gasteiger partial charge in [0, 0.05) is 35.2 Å². The Balaban J connectivity index is 3.16. The Morgan fingerprint density at radius 1 is 1.40 bits per heavy atom. The maximum Gasteiger partial charge on any atom is 0.251 e. The van der Waals surface area contributed by atoms with Crippen molar-refractivity contribution in [3.8, 4) is 0 Å². The van der Waals surface area contributed by atoms with Gasteiger partial charge in [0.1, 0.15) is 0 Å². The van der Waals surface area contributed by atoms with Crippen molar-refractivity contribution in [1.82, 2.24) is 9.62 Å². The summed E-state index contributed by atoms with van der Waals surface area (Å²) in [5.41, 5.74) is 0.266. The average molecular weight is 426 g/mol. The minimum absolute atomic E-state index is 0.0489. The molecule has 0 spiro atoms. The SMILES string of the molecule is C=C(Br)CNC(=O)c1ccc(Br)c(S(=O)(=O)N(C)C)c1. The molecule has 0 fully saturated rings. The van der Waals surface area contributed by atoms with Crippen LogP contribution < -0.4 is 5.32 Å². The number of carbonyl (C=O) groups excluding carboxylic acids is 1. The molecule has 1 aromatic rings. The highest BCUT2D eigenvalue weighted by molar-refractivity contribution is 9.11. The average Bonchev–Trinajstić information content (AvgIpc) is 2.35. The summed E-state index contributed by atoms with van der Waals surface area (Å²) in [7, 11) is -0.747. The molecule has 0 unspecified atom stereocenters. The van der Waals surface area contributed by atoms with Gasteiger partial charge in [-0.25, -0.2) is 12.7 Å². The molecule has 0 saturated heterocycles. The zero-order chi connectivity index (χ0) is 15.5. The number of benzene rings is 1. The van der Waals surface area contributed by atoms with Crippen LogP contribution in [0.15, 0.2) is 38.6 Å². The van der Waals surface area contributed by atoms with Crippen LogP contribution in [0.4, 0.5) is 0 Å². The molecule has 1 N–H and O–H groups in total. The summed E-state index contributed by atoms with van der Waals surface area (Å²) < 4.78 is 26.4. The van der Waals surface area contributed by atoms with Gasteiger partial charge in [-0.3, -0.25) is 4.79 Å². The van der Waals surface area contributed by atoms with Crippen LogP contribution in [0, 0.1) is 0 Å². The summed E-state index contributed by atoms with van der Waals surface area (Å²) in [6, 6.07) is 4.42. The molecule has 0 aliphatic heterocycles. The van der Waals surface area contributed by atoms with Gasteiger partial charge < -0.3 is 5.32 Å². The van der Waals surface area contributed by atoms with Crippen LogP contribution in [0.1, 0.15) is 10.4 Å². The summed E-state index contributed by atoms with van der Waals surface area (Å²) >= 11 is 6.32. The molecule has 8 heteroatoms. The first-order valence-corrected chi connectivity index (χ1v) is 8.52. The highest BCUT2D eigenvalue weighted by Gasteiger charge is 2.22. The predicted molar refractivity (Wildman–Crippen MR) is 85.4 cm³/mol. The van der Waals surface area contributed by atoms with Crippen LogP contribution in [0.25, 0.3) is 0 Å². The van der Waals surface area contributed by atoms with Gasteiger partial charge in [0.25, 0.3) is 5.91 Å². The van der Waals surface area contributed by atoms with Crippen LogP contribution in [0.2, 0.25) is 0 Å². The number of amides is 1. The van der Waals surface area contributed by atoms with Crippen molar-refractivity contribution in [2.75, 3.05) is 20.6 Å². The first kappa shape index (κ1) is 17.4. The van der Waals surface area contributed by atoms with E-state index in [-0.39, 0.29) is 22.9 Å². The van der Waals surface area contributed by atoms with Crippen LogP contribution in [-0.2, 0) is 10.0 Å². The standard InChI is InChI=1S/C12H14Br2N2O3S/c1-8(13)7-15-12(17)9-4-5-10(14)11(6-9)20(18,19)16(2)3/h4-6H,1,7H2,2-3H3,(H,15,17). The number of hydrogen-bond donors (Lipinski definition) is 1. The Labute approximate surface area is 135 Å². The number of sulfonamides is 1. The second-order valence-corrected chi connectivity index (χ2v) is 8.23. The first-order valence-electron chi connectivity index (χ1n) is 5.50. The van der Waals surface area contributed by atoms with Crippen molar-refractivity contribution in [2.45, 2.75) is 4.90 Å². The maximum absolute atomic E-state index is 12.1. The molecule has 0 atom stereocenters. The van der Waals surface area contributed by atoms with Gasteiger partial charge in [-0.05, 0) is 34.1 Å². The molecule has 1 amide bonds. The number of hydrogen-bond acceptors (Lipinski definition) is 3. The van der Waals surface area contributed by atoms with E-state index >= 15 is 0 Å². The quantitative estimate of drug-likeness (QED) is 0.787. The molecule has 110 valence electrons. The van der Waals surface area contributed by atoms with Gasteiger partial charge in [0.2, 0.25) is 10.0 Å². The summed E-state index contributed by atoms with van der Waals surface area (Å²) in [5, 5.41) is 2.62. The van der Waals surface area contributed by atoms with Crippen molar-refractivity contribution in [2.24, 2.45) is 0 Å². The molecular formula is C12H14Br2N2O3S. The van der Waals surface area contributed by atoms with Gasteiger partial charge in [-0.15, -0.1) is 0 Å². The van der Waals surface area contributed by atoms with Crippen molar-refractivity contribution in [3.05, 3.63) is 39.3 Å². The fourth-order valence-electron chi connectivity index (χ4n) is 1.32. The van der Waals surface area contributed by atoms with Gasteiger partial charge >= 0.3 is 0 Å². The van der Waals surface area contributed by atoms with Crippen LogP contribution in [0.5, 0.6) is 0 Å². The Morgan fingerprint density at radius 3 is 2.50 bits per heavy atom.